The monoisotopic (exact) mass is 306 g/mol. The average molecular weight is 306 g/mol. The first kappa shape index (κ1) is 15.2. The highest BCUT2D eigenvalue weighted by Gasteiger charge is 2.16. The van der Waals surface area contributed by atoms with Crippen LogP contribution in [0, 0.1) is 0 Å². The average Bonchev–Trinajstić information content (AvgIpc) is 2.98. The normalized spacial score (nSPS) is 15.2. The molecule has 106 valence electrons. The molecule has 3 rings (SSSR count). The summed E-state index contributed by atoms with van der Waals surface area (Å²) in [5.74, 6) is 0. The van der Waals surface area contributed by atoms with E-state index in [2.05, 4.69) is 31.8 Å². The Bertz CT molecular complexity index is 512. The number of thioether (sulfide) groups is 1. The zero-order valence-corrected chi connectivity index (χ0v) is 13.3. The Balaban J connectivity index is 0.000000205. The molecule has 1 aliphatic heterocycles. The zero-order chi connectivity index (χ0) is 14.2. The third kappa shape index (κ3) is 4.40. The number of rotatable bonds is 2. The quantitative estimate of drug-likeness (QED) is 0.798. The highest BCUT2D eigenvalue weighted by Crippen LogP contribution is 2.26. The number of aromatic nitrogens is 3. The second kappa shape index (κ2) is 8.14. The van der Waals surface area contributed by atoms with Crippen LogP contribution in [0.25, 0.3) is 5.57 Å². The maximum atomic E-state index is 4.36. The minimum Gasteiger partial charge on any atom is -0.302 e. The molecule has 0 aromatic carbocycles. The Morgan fingerprint density at radius 3 is 2.55 bits per heavy atom. The van der Waals surface area contributed by atoms with E-state index in [0.717, 1.165) is 30.2 Å². The lowest BCUT2D eigenvalue weighted by Crippen LogP contribution is -2.25. The van der Waals surface area contributed by atoms with Crippen molar-refractivity contribution >= 4 is 29.1 Å². The van der Waals surface area contributed by atoms with E-state index < -0.39 is 0 Å². The molecule has 0 amide bonds. The summed E-state index contributed by atoms with van der Waals surface area (Å²) in [6.07, 6.45) is 8.96. The molecule has 6 heteroatoms. The Morgan fingerprint density at radius 2 is 2.00 bits per heavy atom. The van der Waals surface area contributed by atoms with Crippen LogP contribution in [0.2, 0.25) is 0 Å². The molecular weight excluding hydrogens is 288 g/mol. The number of nitrogens with zero attached hydrogens (tertiary/aromatic N) is 4. The van der Waals surface area contributed by atoms with E-state index in [4.69, 9.17) is 0 Å². The van der Waals surface area contributed by atoms with E-state index in [1.54, 1.807) is 24.2 Å². The largest absolute Gasteiger partial charge is 0.302 e. The highest BCUT2D eigenvalue weighted by atomic mass is 32.2. The van der Waals surface area contributed by atoms with Crippen molar-refractivity contribution in [1.29, 1.82) is 0 Å². The van der Waals surface area contributed by atoms with E-state index in [1.165, 1.54) is 17.3 Å². The molecule has 0 bridgehead atoms. The molecule has 0 saturated heterocycles. The summed E-state index contributed by atoms with van der Waals surface area (Å²) >= 11 is 2.98. The molecule has 4 nitrogen and oxygen atoms in total. The maximum Gasteiger partial charge on any atom is 0.137 e. The molecule has 2 aromatic heterocycles. The topological polar surface area (TPSA) is 41.9 Å². The smallest absolute Gasteiger partial charge is 0.137 e. The van der Waals surface area contributed by atoms with Gasteiger partial charge in [0.25, 0.3) is 0 Å². The highest BCUT2D eigenvalue weighted by molar-refractivity contribution is 7.98. The van der Waals surface area contributed by atoms with Gasteiger partial charge in [-0.3, -0.25) is 4.98 Å². The molecule has 3 heterocycles. The van der Waals surface area contributed by atoms with E-state index in [9.17, 15) is 0 Å². The van der Waals surface area contributed by atoms with Gasteiger partial charge in [-0.2, -0.15) is 8.75 Å². The van der Waals surface area contributed by atoms with Crippen molar-refractivity contribution < 1.29 is 0 Å². The molecule has 0 radical (unpaired) electrons. The first-order valence-corrected chi connectivity index (χ1v) is 8.36. The Labute approximate surface area is 128 Å². The Hall–Kier alpha value is -1.24. The van der Waals surface area contributed by atoms with Crippen LogP contribution in [0.3, 0.4) is 0 Å². The molecule has 0 N–H and O–H groups in total. The van der Waals surface area contributed by atoms with Gasteiger partial charge < -0.3 is 4.90 Å². The van der Waals surface area contributed by atoms with Gasteiger partial charge in [0.15, 0.2) is 0 Å². The summed E-state index contributed by atoms with van der Waals surface area (Å²) in [7, 11) is 2.14. The molecule has 0 aliphatic carbocycles. The maximum absolute atomic E-state index is 4.36. The number of hydrogen-bond donors (Lipinski definition) is 0. The second-order valence-electron chi connectivity index (χ2n) is 4.40. The van der Waals surface area contributed by atoms with E-state index >= 15 is 0 Å². The zero-order valence-electron chi connectivity index (χ0n) is 11.7. The van der Waals surface area contributed by atoms with Crippen LogP contribution in [0.4, 0.5) is 0 Å². The first-order valence-electron chi connectivity index (χ1n) is 6.40. The standard InChI is InChI=1S/C9H13N3S2.C5H5N/c1-12-5-3-4-7(6-12)8-9(13-2)11-14-10-8;1-2-4-6-5-3-1/h4H,3,5-6H2,1-2H3;1-5H. The predicted molar refractivity (Wildman–Crippen MR) is 86.0 cm³/mol. The van der Waals surface area contributed by atoms with Gasteiger partial charge in [-0.15, -0.1) is 11.8 Å². The van der Waals surface area contributed by atoms with Gasteiger partial charge in [0.05, 0.1) is 11.7 Å². The van der Waals surface area contributed by atoms with Crippen molar-refractivity contribution in [2.75, 3.05) is 26.4 Å². The molecule has 2 aromatic rings. The molecule has 0 fully saturated rings. The van der Waals surface area contributed by atoms with Gasteiger partial charge in [-0.25, -0.2) is 0 Å². The lowest BCUT2D eigenvalue weighted by atomic mass is 10.1. The lowest BCUT2D eigenvalue weighted by molar-refractivity contribution is 0.372. The number of pyridine rings is 1. The van der Waals surface area contributed by atoms with Crippen molar-refractivity contribution in [2.24, 2.45) is 0 Å². The van der Waals surface area contributed by atoms with Crippen LogP contribution >= 0.6 is 23.5 Å². The fourth-order valence-electron chi connectivity index (χ4n) is 1.89. The van der Waals surface area contributed by atoms with Crippen molar-refractivity contribution in [2.45, 2.75) is 11.4 Å². The van der Waals surface area contributed by atoms with Crippen LogP contribution in [0.15, 0.2) is 41.7 Å². The lowest BCUT2D eigenvalue weighted by Gasteiger charge is -2.21. The van der Waals surface area contributed by atoms with Crippen molar-refractivity contribution in [3.8, 4) is 0 Å². The van der Waals surface area contributed by atoms with Crippen molar-refractivity contribution in [3.05, 3.63) is 42.4 Å². The molecule has 1 aliphatic rings. The summed E-state index contributed by atoms with van der Waals surface area (Å²) < 4.78 is 8.63. The van der Waals surface area contributed by atoms with Crippen LogP contribution < -0.4 is 0 Å². The Kier molecular flexibility index (Phi) is 6.17. The second-order valence-corrected chi connectivity index (χ2v) is 5.73. The summed E-state index contributed by atoms with van der Waals surface area (Å²) in [5, 5.41) is 1.07. The third-order valence-corrected chi connectivity index (χ3v) is 4.18. The predicted octanol–water partition coefficient (Wildman–Crippen LogP) is 3.06. The van der Waals surface area contributed by atoms with Crippen molar-refractivity contribution in [3.63, 3.8) is 0 Å². The fraction of sp³-hybridized carbons (Fsp3) is 0.357. The number of hydrogen-bond acceptors (Lipinski definition) is 6. The van der Waals surface area contributed by atoms with Gasteiger partial charge in [-0.1, -0.05) is 12.1 Å². The van der Waals surface area contributed by atoms with Gasteiger partial charge in [0.2, 0.25) is 0 Å². The molecular formula is C14H18N4S2. The van der Waals surface area contributed by atoms with Crippen LogP contribution in [0.5, 0.6) is 0 Å². The van der Waals surface area contributed by atoms with Crippen LogP contribution in [0.1, 0.15) is 12.1 Å². The van der Waals surface area contributed by atoms with Gasteiger partial charge in [0, 0.05) is 25.5 Å². The molecule has 0 unspecified atom stereocenters. The van der Waals surface area contributed by atoms with E-state index in [0.29, 0.717) is 0 Å². The SMILES string of the molecule is CSc1nsnc1C1=CCCN(C)C1.c1ccncc1. The van der Waals surface area contributed by atoms with Gasteiger partial charge in [-0.05, 0) is 37.4 Å². The fourth-order valence-corrected chi connectivity index (χ4v) is 3.20. The summed E-state index contributed by atoms with van der Waals surface area (Å²) in [6, 6.07) is 5.72. The summed E-state index contributed by atoms with van der Waals surface area (Å²) in [4.78, 5) is 6.10. The van der Waals surface area contributed by atoms with Crippen molar-refractivity contribution in [1.82, 2.24) is 18.6 Å². The minimum absolute atomic E-state index is 0.999. The third-order valence-electron chi connectivity index (χ3n) is 2.86. The molecule has 0 spiro atoms. The van der Waals surface area contributed by atoms with E-state index in [-0.39, 0.29) is 0 Å². The van der Waals surface area contributed by atoms with Gasteiger partial charge in [0.1, 0.15) is 10.7 Å². The van der Waals surface area contributed by atoms with Gasteiger partial charge >= 0.3 is 0 Å². The van der Waals surface area contributed by atoms with E-state index in [1.807, 2.05) is 24.5 Å². The molecule has 0 saturated carbocycles. The molecule has 20 heavy (non-hydrogen) atoms. The molecule has 0 atom stereocenters. The minimum atomic E-state index is 0.999. The summed E-state index contributed by atoms with van der Waals surface area (Å²) in [6.45, 7) is 2.15. The first-order chi connectivity index (χ1) is 9.81. The summed E-state index contributed by atoms with van der Waals surface area (Å²) in [5.41, 5.74) is 2.42. The van der Waals surface area contributed by atoms with Crippen LogP contribution in [-0.2, 0) is 0 Å². The number of likely N-dealkylation sites (N-methyl/N-ethyl adjacent to an activating group) is 1. The Morgan fingerprint density at radius 1 is 1.20 bits per heavy atom. The van der Waals surface area contributed by atoms with Crippen LogP contribution in [-0.4, -0.2) is 45.0 Å².